The van der Waals surface area contributed by atoms with Gasteiger partial charge in [-0.1, -0.05) is 32.2 Å². The fraction of sp³-hybridized carbons (Fsp3) is 0.308. The molecule has 0 radical (unpaired) electrons. The zero-order valence-electron chi connectivity index (χ0n) is 21.8. The van der Waals surface area contributed by atoms with Gasteiger partial charge in [0, 0.05) is 43.5 Å². The van der Waals surface area contributed by atoms with Crippen molar-refractivity contribution in [2.24, 2.45) is 20.3 Å². The van der Waals surface area contributed by atoms with Crippen LogP contribution in [0.25, 0.3) is 5.70 Å². The number of ether oxygens (including phenoxy) is 2. The van der Waals surface area contributed by atoms with Crippen molar-refractivity contribution in [3.8, 4) is 5.88 Å². The summed E-state index contributed by atoms with van der Waals surface area (Å²) in [6.07, 6.45) is 7.67. The van der Waals surface area contributed by atoms with Gasteiger partial charge in [-0.05, 0) is 30.2 Å². The first-order chi connectivity index (χ1) is 17.4. The van der Waals surface area contributed by atoms with Gasteiger partial charge in [0.05, 0.1) is 38.2 Å². The van der Waals surface area contributed by atoms with Crippen molar-refractivity contribution in [1.29, 1.82) is 0 Å². The van der Waals surface area contributed by atoms with E-state index >= 15 is 0 Å². The summed E-state index contributed by atoms with van der Waals surface area (Å²) >= 11 is 0. The van der Waals surface area contributed by atoms with E-state index in [4.69, 9.17) is 9.47 Å². The minimum Gasteiger partial charge on any atom is -0.481 e. The fourth-order valence-corrected chi connectivity index (χ4v) is 2.75. The maximum Gasteiger partial charge on any atom is 0.222 e. The number of halogens is 1. The molecule has 9 nitrogen and oxygen atoms in total. The monoisotopic (exact) mass is 495 g/mol. The zero-order valence-corrected chi connectivity index (χ0v) is 21.8. The van der Waals surface area contributed by atoms with Crippen LogP contribution < -0.4 is 4.74 Å². The van der Waals surface area contributed by atoms with Gasteiger partial charge in [0.1, 0.15) is 12.4 Å². The second-order valence-electron chi connectivity index (χ2n) is 6.90. The van der Waals surface area contributed by atoms with Crippen molar-refractivity contribution in [3.05, 3.63) is 84.2 Å². The summed E-state index contributed by atoms with van der Waals surface area (Å²) in [5.74, 6) is 0.172. The molecule has 2 aromatic rings. The molecule has 192 valence electrons. The molecule has 10 heteroatoms. The highest BCUT2D eigenvalue weighted by Crippen LogP contribution is 2.18. The number of aliphatic imine (C=N–C) groups is 2. The lowest BCUT2D eigenvalue weighted by atomic mass is 10.1. The number of methoxy groups -OCH3 is 1. The largest absolute Gasteiger partial charge is 0.481 e. The molecule has 0 aliphatic heterocycles. The van der Waals surface area contributed by atoms with Crippen molar-refractivity contribution in [3.63, 3.8) is 0 Å². The number of rotatable bonds is 11. The molecule has 2 aromatic heterocycles. The first-order valence-corrected chi connectivity index (χ1v) is 11.2. The SMILES string of the molecule is C=CN(Cc1cncc(C(=C)N=C(OC)/C(C=NC)=C(/C)COc2ccc(F)cn2)c1)N=NC.CC. The standard InChI is InChI=1S/C24H28FN7O2.C2H6/c1-7-32(31-27-5)15-19-10-20(12-28-11-19)18(3)30-24(33-6)22(14-26-4)17(2)16-34-23-9-8-21(25)13-29-23;1-2/h7-14H,1,3,15-16H2,2,4-6H3;1-2H3/b22-17-,26-14?,30-24?,31-27?;. The number of aromatic nitrogens is 2. The predicted molar refractivity (Wildman–Crippen MR) is 142 cm³/mol. The Morgan fingerprint density at radius 2 is 1.94 bits per heavy atom. The van der Waals surface area contributed by atoms with E-state index < -0.39 is 5.82 Å². The molecule has 0 atom stereocenters. The van der Waals surface area contributed by atoms with Crippen LogP contribution >= 0.6 is 0 Å². The Labute approximate surface area is 212 Å². The van der Waals surface area contributed by atoms with Crippen LogP contribution in [0.15, 0.2) is 87.6 Å². The third kappa shape index (κ3) is 9.57. The highest BCUT2D eigenvalue weighted by Gasteiger charge is 2.13. The Balaban J connectivity index is 0.00000316. The van der Waals surface area contributed by atoms with E-state index in [1.807, 2.05) is 26.8 Å². The van der Waals surface area contributed by atoms with Gasteiger partial charge in [0.25, 0.3) is 0 Å². The van der Waals surface area contributed by atoms with Gasteiger partial charge in [-0.3, -0.25) is 15.0 Å². The molecule has 0 bridgehead atoms. The second kappa shape index (κ2) is 16.4. The van der Waals surface area contributed by atoms with Crippen LogP contribution in [-0.2, 0) is 11.3 Å². The Hall–Kier alpha value is -4.21. The molecular weight excluding hydrogens is 461 g/mol. The highest BCUT2D eigenvalue weighted by atomic mass is 19.1. The lowest BCUT2D eigenvalue weighted by Gasteiger charge is -2.13. The van der Waals surface area contributed by atoms with Crippen molar-refractivity contribution >= 4 is 17.8 Å². The van der Waals surface area contributed by atoms with Crippen LogP contribution in [0.4, 0.5) is 4.39 Å². The van der Waals surface area contributed by atoms with E-state index in [1.54, 1.807) is 43.9 Å². The lowest BCUT2D eigenvalue weighted by Crippen LogP contribution is -2.13. The van der Waals surface area contributed by atoms with E-state index in [-0.39, 0.29) is 6.61 Å². The van der Waals surface area contributed by atoms with Gasteiger partial charge in [0.2, 0.25) is 11.8 Å². The Bertz CT molecular complexity index is 1110. The van der Waals surface area contributed by atoms with Gasteiger partial charge in [-0.2, -0.15) is 5.11 Å². The summed E-state index contributed by atoms with van der Waals surface area (Å²) in [6.45, 7) is 14.3. The van der Waals surface area contributed by atoms with Crippen LogP contribution in [0, 0.1) is 5.82 Å². The minimum atomic E-state index is -0.434. The number of nitrogens with zero attached hydrogens (tertiary/aromatic N) is 7. The quantitative estimate of drug-likeness (QED) is 0.172. The van der Waals surface area contributed by atoms with E-state index in [1.165, 1.54) is 19.2 Å². The van der Waals surface area contributed by atoms with Crippen molar-refractivity contribution in [2.75, 3.05) is 27.8 Å². The van der Waals surface area contributed by atoms with Crippen molar-refractivity contribution < 1.29 is 13.9 Å². The van der Waals surface area contributed by atoms with Crippen molar-refractivity contribution in [2.45, 2.75) is 27.3 Å². The van der Waals surface area contributed by atoms with Gasteiger partial charge in [-0.25, -0.2) is 14.4 Å². The van der Waals surface area contributed by atoms with Crippen LogP contribution in [0.1, 0.15) is 31.9 Å². The van der Waals surface area contributed by atoms with Gasteiger partial charge in [0.15, 0.2) is 0 Å². The lowest BCUT2D eigenvalue weighted by molar-refractivity contribution is 0.336. The van der Waals surface area contributed by atoms with E-state index in [0.717, 1.165) is 17.3 Å². The summed E-state index contributed by atoms with van der Waals surface area (Å²) < 4.78 is 24.2. The second-order valence-corrected chi connectivity index (χ2v) is 6.90. The molecule has 0 saturated heterocycles. The zero-order chi connectivity index (χ0) is 26.9. The molecule has 36 heavy (non-hydrogen) atoms. The van der Waals surface area contributed by atoms with Crippen LogP contribution in [0.3, 0.4) is 0 Å². The Morgan fingerprint density at radius 3 is 2.53 bits per heavy atom. The normalized spacial score (nSPS) is 12.0. The average molecular weight is 496 g/mol. The molecule has 0 N–H and O–H groups in total. The molecule has 0 aliphatic carbocycles. The number of hydrogen-bond donors (Lipinski definition) is 0. The summed E-state index contributed by atoms with van der Waals surface area (Å²) in [6, 6.07) is 4.64. The van der Waals surface area contributed by atoms with E-state index in [9.17, 15) is 4.39 Å². The first kappa shape index (κ1) is 29.8. The van der Waals surface area contributed by atoms with E-state index in [0.29, 0.717) is 35.2 Å². The smallest absolute Gasteiger partial charge is 0.222 e. The molecule has 2 heterocycles. The number of pyridine rings is 2. The van der Waals surface area contributed by atoms with Gasteiger partial charge in [-0.15, -0.1) is 0 Å². The van der Waals surface area contributed by atoms with Crippen LogP contribution in [0.2, 0.25) is 0 Å². The van der Waals surface area contributed by atoms with Gasteiger partial charge < -0.3 is 9.47 Å². The third-order valence-electron chi connectivity index (χ3n) is 4.40. The molecule has 0 unspecified atom stereocenters. The maximum atomic E-state index is 13.1. The maximum absolute atomic E-state index is 13.1. The first-order valence-electron chi connectivity index (χ1n) is 11.2. The molecule has 0 aliphatic rings. The molecule has 2 rings (SSSR count). The molecule has 0 amide bonds. The average Bonchev–Trinajstić information content (AvgIpc) is 2.91. The predicted octanol–water partition coefficient (Wildman–Crippen LogP) is 5.70. The molecular formula is C26H34FN7O2. The molecule has 0 fully saturated rings. The minimum absolute atomic E-state index is 0.176. The molecule has 0 saturated carbocycles. The van der Waals surface area contributed by atoms with Crippen LogP contribution in [0.5, 0.6) is 5.88 Å². The Kier molecular flexibility index (Phi) is 13.6. The molecule has 0 spiro atoms. The third-order valence-corrected chi connectivity index (χ3v) is 4.40. The Morgan fingerprint density at radius 1 is 1.19 bits per heavy atom. The fourth-order valence-electron chi connectivity index (χ4n) is 2.75. The topological polar surface area (TPSA) is 96.9 Å². The summed E-state index contributed by atoms with van der Waals surface area (Å²) in [5, 5.41) is 9.31. The summed E-state index contributed by atoms with van der Waals surface area (Å²) in [5.41, 5.74) is 3.44. The summed E-state index contributed by atoms with van der Waals surface area (Å²) in [4.78, 5) is 16.8. The molecule has 0 aromatic carbocycles. The van der Waals surface area contributed by atoms with Gasteiger partial charge >= 0.3 is 0 Å². The highest BCUT2D eigenvalue weighted by molar-refractivity contribution is 6.14. The number of hydrogen-bond acceptors (Lipinski definition) is 8. The van der Waals surface area contributed by atoms with Crippen molar-refractivity contribution in [1.82, 2.24) is 15.0 Å². The van der Waals surface area contributed by atoms with Crippen LogP contribution in [-0.4, -0.2) is 54.9 Å². The summed E-state index contributed by atoms with van der Waals surface area (Å²) in [7, 11) is 4.74. The van der Waals surface area contributed by atoms with E-state index in [2.05, 4.69) is 43.4 Å².